The van der Waals surface area contributed by atoms with Crippen LogP contribution in [0.5, 0.6) is 0 Å². The van der Waals surface area contributed by atoms with Gasteiger partial charge in [0.2, 0.25) is 0 Å². The van der Waals surface area contributed by atoms with Gasteiger partial charge in [0.05, 0.1) is 13.2 Å². The van der Waals surface area contributed by atoms with Gasteiger partial charge in [0, 0.05) is 37.8 Å². The number of hydrogen-bond acceptors (Lipinski definition) is 4. The minimum absolute atomic E-state index is 0.279. The largest absolute Gasteiger partial charge is 0.396 e. The fourth-order valence-electron chi connectivity index (χ4n) is 2.56. The fourth-order valence-corrected chi connectivity index (χ4v) is 2.56. The van der Waals surface area contributed by atoms with Gasteiger partial charge in [0.15, 0.2) is 0 Å². The highest BCUT2D eigenvalue weighted by Gasteiger charge is 2.22. The van der Waals surface area contributed by atoms with E-state index < -0.39 is 0 Å². The molecule has 2 unspecified atom stereocenters. The molecule has 4 heteroatoms. The maximum Gasteiger partial charge on any atom is 0.0620 e. The quantitative estimate of drug-likeness (QED) is 0.697. The lowest BCUT2D eigenvalue weighted by Gasteiger charge is -2.35. The van der Waals surface area contributed by atoms with E-state index in [1.807, 2.05) is 0 Å². The zero-order valence-corrected chi connectivity index (χ0v) is 11.5. The van der Waals surface area contributed by atoms with Crippen LogP contribution in [0.15, 0.2) is 0 Å². The monoisotopic (exact) mass is 244 g/mol. The van der Waals surface area contributed by atoms with E-state index in [1.165, 1.54) is 0 Å². The Labute approximate surface area is 105 Å². The van der Waals surface area contributed by atoms with Crippen LogP contribution in [0, 0.1) is 0 Å². The molecular weight excluding hydrogens is 216 g/mol. The molecule has 0 aliphatic carbocycles. The van der Waals surface area contributed by atoms with E-state index >= 15 is 0 Å². The topological polar surface area (TPSA) is 44.7 Å². The van der Waals surface area contributed by atoms with Crippen molar-refractivity contribution in [1.29, 1.82) is 0 Å². The minimum atomic E-state index is 0.279. The summed E-state index contributed by atoms with van der Waals surface area (Å²) in [5.41, 5.74) is 0. The predicted octanol–water partition coefficient (Wildman–Crippen LogP) is 0.846. The van der Waals surface area contributed by atoms with Gasteiger partial charge in [-0.3, -0.25) is 4.90 Å². The number of aliphatic hydroxyl groups excluding tert-OH is 1. The molecule has 0 aromatic rings. The second-order valence-electron chi connectivity index (χ2n) is 5.22. The maximum atomic E-state index is 8.94. The third kappa shape index (κ3) is 5.34. The van der Waals surface area contributed by atoms with E-state index in [0.29, 0.717) is 18.1 Å². The first-order valence-corrected chi connectivity index (χ1v) is 6.83. The molecule has 1 fully saturated rings. The summed E-state index contributed by atoms with van der Waals surface area (Å²) in [6, 6.07) is 1.54. The van der Waals surface area contributed by atoms with Crippen LogP contribution in [0.4, 0.5) is 0 Å². The Kier molecular flexibility index (Phi) is 7.04. The molecule has 0 aromatic carbocycles. The Bertz CT molecular complexity index is 194. The molecular formula is C13H28N2O2. The molecule has 1 aliphatic heterocycles. The number of nitrogens with zero attached hydrogens (tertiary/aromatic N) is 1. The predicted molar refractivity (Wildman–Crippen MR) is 70.2 cm³/mol. The summed E-state index contributed by atoms with van der Waals surface area (Å²) in [5.74, 6) is 0. The molecule has 0 bridgehead atoms. The molecule has 4 nitrogen and oxygen atoms in total. The summed E-state index contributed by atoms with van der Waals surface area (Å²) in [6.45, 7) is 10.6. The fraction of sp³-hybridized carbons (Fsp3) is 1.00. The van der Waals surface area contributed by atoms with E-state index in [9.17, 15) is 0 Å². The van der Waals surface area contributed by atoms with Crippen LogP contribution in [0.3, 0.4) is 0 Å². The molecule has 0 spiro atoms. The van der Waals surface area contributed by atoms with Crippen molar-refractivity contribution in [2.75, 3.05) is 32.9 Å². The van der Waals surface area contributed by atoms with Crippen molar-refractivity contribution in [2.45, 2.75) is 51.7 Å². The molecule has 0 amide bonds. The molecule has 1 saturated heterocycles. The van der Waals surface area contributed by atoms with Gasteiger partial charge in [-0.25, -0.2) is 0 Å². The van der Waals surface area contributed by atoms with Gasteiger partial charge in [0.25, 0.3) is 0 Å². The van der Waals surface area contributed by atoms with Crippen molar-refractivity contribution in [3.8, 4) is 0 Å². The van der Waals surface area contributed by atoms with Crippen molar-refractivity contribution in [3.05, 3.63) is 0 Å². The molecule has 0 saturated carbocycles. The zero-order valence-electron chi connectivity index (χ0n) is 11.5. The van der Waals surface area contributed by atoms with Gasteiger partial charge in [-0.05, 0) is 33.6 Å². The van der Waals surface area contributed by atoms with Crippen molar-refractivity contribution in [2.24, 2.45) is 0 Å². The standard InChI is InChI=1S/C13H28N2O2/c1-11(2)15(6-4-7-16)12(3)9-13-10-17-8-5-14-13/h11-14,16H,4-10H2,1-3H3. The lowest BCUT2D eigenvalue weighted by Crippen LogP contribution is -2.47. The van der Waals surface area contributed by atoms with E-state index in [2.05, 4.69) is 31.0 Å². The van der Waals surface area contributed by atoms with Gasteiger partial charge < -0.3 is 15.2 Å². The van der Waals surface area contributed by atoms with Gasteiger partial charge >= 0.3 is 0 Å². The van der Waals surface area contributed by atoms with Crippen LogP contribution in [-0.2, 0) is 4.74 Å². The van der Waals surface area contributed by atoms with Crippen molar-refractivity contribution < 1.29 is 9.84 Å². The van der Waals surface area contributed by atoms with Crippen LogP contribution < -0.4 is 5.32 Å². The van der Waals surface area contributed by atoms with Crippen LogP contribution in [0.2, 0.25) is 0 Å². The summed E-state index contributed by atoms with van der Waals surface area (Å²) >= 11 is 0. The summed E-state index contributed by atoms with van der Waals surface area (Å²) in [7, 11) is 0. The van der Waals surface area contributed by atoms with Crippen LogP contribution in [0.25, 0.3) is 0 Å². The number of rotatable bonds is 7. The second-order valence-corrected chi connectivity index (χ2v) is 5.22. The number of ether oxygens (including phenoxy) is 1. The molecule has 1 aliphatic rings. The molecule has 1 heterocycles. The lowest BCUT2D eigenvalue weighted by atomic mass is 10.0. The highest BCUT2D eigenvalue weighted by atomic mass is 16.5. The molecule has 0 aromatic heterocycles. The smallest absolute Gasteiger partial charge is 0.0620 e. The molecule has 0 radical (unpaired) electrons. The van der Waals surface area contributed by atoms with Crippen LogP contribution >= 0.6 is 0 Å². The number of morpholine rings is 1. The zero-order chi connectivity index (χ0) is 12.7. The first kappa shape index (κ1) is 14.9. The SMILES string of the molecule is CC(C)N(CCCO)C(C)CC1COCCN1. The average molecular weight is 244 g/mol. The molecule has 17 heavy (non-hydrogen) atoms. The molecule has 102 valence electrons. The van der Waals surface area contributed by atoms with Gasteiger partial charge in [-0.1, -0.05) is 0 Å². The van der Waals surface area contributed by atoms with Crippen molar-refractivity contribution in [1.82, 2.24) is 10.2 Å². The third-order valence-electron chi connectivity index (χ3n) is 3.43. The van der Waals surface area contributed by atoms with E-state index in [0.717, 1.165) is 39.1 Å². The van der Waals surface area contributed by atoms with Gasteiger partial charge in [-0.2, -0.15) is 0 Å². The number of hydrogen-bond donors (Lipinski definition) is 2. The maximum absolute atomic E-state index is 8.94. The Hall–Kier alpha value is -0.160. The van der Waals surface area contributed by atoms with Crippen LogP contribution in [-0.4, -0.2) is 61.0 Å². The van der Waals surface area contributed by atoms with Crippen molar-refractivity contribution in [3.63, 3.8) is 0 Å². The Balaban J connectivity index is 2.37. The first-order valence-electron chi connectivity index (χ1n) is 6.83. The summed E-state index contributed by atoms with van der Waals surface area (Å²) in [5, 5.41) is 12.4. The van der Waals surface area contributed by atoms with E-state index in [4.69, 9.17) is 9.84 Å². The third-order valence-corrected chi connectivity index (χ3v) is 3.43. The van der Waals surface area contributed by atoms with Crippen molar-refractivity contribution >= 4 is 0 Å². The van der Waals surface area contributed by atoms with Gasteiger partial charge in [-0.15, -0.1) is 0 Å². The number of nitrogens with one attached hydrogen (secondary N) is 1. The first-order chi connectivity index (χ1) is 8.15. The summed E-state index contributed by atoms with van der Waals surface area (Å²) < 4.78 is 5.48. The van der Waals surface area contributed by atoms with E-state index in [1.54, 1.807) is 0 Å². The minimum Gasteiger partial charge on any atom is -0.396 e. The lowest BCUT2D eigenvalue weighted by molar-refractivity contribution is 0.0562. The normalized spacial score (nSPS) is 23.3. The molecule has 1 rings (SSSR count). The van der Waals surface area contributed by atoms with E-state index in [-0.39, 0.29) is 6.61 Å². The van der Waals surface area contributed by atoms with Gasteiger partial charge in [0.1, 0.15) is 0 Å². The molecule has 2 N–H and O–H groups in total. The Morgan fingerprint density at radius 3 is 2.71 bits per heavy atom. The summed E-state index contributed by atoms with van der Waals surface area (Å²) in [6.07, 6.45) is 1.97. The average Bonchev–Trinajstić information content (AvgIpc) is 2.30. The van der Waals surface area contributed by atoms with Crippen LogP contribution in [0.1, 0.15) is 33.6 Å². The highest BCUT2D eigenvalue weighted by molar-refractivity contribution is 4.79. The Morgan fingerprint density at radius 1 is 1.41 bits per heavy atom. The molecule has 2 atom stereocenters. The highest BCUT2D eigenvalue weighted by Crippen LogP contribution is 2.13. The second kappa shape index (κ2) is 8.03. The number of aliphatic hydroxyl groups is 1. The Morgan fingerprint density at radius 2 is 2.18 bits per heavy atom. The summed E-state index contributed by atoms with van der Waals surface area (Å²) in [4.78, 5) is 2.46.